The fraction of sp³-hybridized carbons (Fsp3) is 0.160. The lowest BCUT2D eigenvalue weighted by Gasteiger charge is -2.14. The van der Waals surface area contributed by atoms with Crippen LogP contribution in [0.15, 0.2) is 54.6 Å². The van der Waals surface area contributed by atoms with Gasteiger partial charge in [-0.3, -0.25) is 0 Å². The van der Waals surface area contributed by atoms with Crippen molar-refractivity contribution in [1.29, 1.82) is 5.26 Å². The van der Waals surface area contributed by atoms with Gasteiger partial charge in [0.25, 0.3) is 0 Å². The number of halogens is 2. The van der Waals surface area contributed by atoms with Crippen LogP contribution in [-0.4, -0.2) is 21.3 Å². The topological polar surface area (TPSA) is 60.7 Å². The highest BCUT2D eigenvalue weighted by Crippen LogP contribution is 2.37. The molecule has 0 spiro atoms. The van der Waals surface area contributed by atoms with Crippen molar-refractivity contribution in [2.24, 2.45) is 0 Å². The van der Waals surface area contributed by atoms with E-state index in [4.69, 9.17) is 30.5 Å². The number of rotatable bonds is 8. The third-order valence-electron chi connectivity index (χ3n) is 4.71. The molecule has 7 heteroatoms. The first-order valence-corrected chi connectivity index (χ1v) is 11.0. The fourth-order valence-electron chi connectivity index (χ4n) is 3.08. The van der Waals surface area contributed by atoms with E-state index in [1.807, 2.05) is 42.5 Å². The Balaban J connectivity index is 1.93. The minimum atomic E-state index is 0.316. The summed E-state index contributed by atoms with van der Waals surface area (Å²) in [5.74, 6) is 2.35. The smallest absolute Gasteiger partial charge is 0.174 e. The molecule has 0 fully saturated rings. The third kappa shape index (κ3) is 5.47. The molecule has 0 aliphatic rings. The molecule has 0 aliphatic carbocycles. The summed E-state index contributed by atoms with van der Waals surface area (Å²) >= 11 is 8.43. The second-order valence-corrected chi connectivity index (χ2v) is 8.22. The first-order chi connectivity index (χ1) is 15.5. The molecule has 0 bridgehead atoms. The van der Waals surface area contributed by atoms with Gasteiger partial charge in [-0.25, -0.2) is 0 Å². The summed E-state index contributed by atoms with van der Waals surface area (Å²) in [6.07, 6.45) is 1.80. The number of nitrogens with zero attached hydrogens (tertiary/aromatic N) is 1. The average Bonchev–Trinajstić information content (AvgIpc) is 2.82. The molecule has 0 aliphatic heterocycles. The van der Waals surface area contributed by atoms with Crippen LogP contribution < -0.4 is 18.9 Å². The monoisotopic (exact) mass is 561 g/mol. The van der Waals surface area contributed by atoms with Gasteiger partial charge in [0.1, 0.15) is 6.61 Å². The summed E-state index contributed by atoms with van der Waals surface area (Å²) in [5.41, 5.74) is 2.89. The van der Waals surface area contributed by atoms with E-state index in [0.717, 1.165) is 20.3 Å². The van der Waals surface area contributed by atoms with Crippen LogP contribution in [0.5, 0.6) is 23.0 Å². The molecule has 0 radical (unpaired) electrons. The van der Waals surface area contributed by atoms with Gasteiger partial charge in [-0.15, -0.1) is 0 Å². The van der Waals surface area contributed by atoms with E-state index in [9.17, 15) is 5.26 Å². The van der Waals surface area contributed by atoms with E-state index in [-0.39, 0.29) is 0 Å². The van der Waals surface area contributed by atoms with Gasteiger partial charge in [0.15, 0.2) is 23.0 Å². The van der Waals surface area contributed by atoms with Gasteiger partial charge in [-0.05, 0) is 76.2 Å². The Labute approximate surface area is 206 Å². The summed E-state index contributed by atoms with van der Waals surface area (Å²) in [6, 6.07) is 18.9. The van der Waals surface area contributed by atoms with E-state index in [2.05, 4.69) is 28.7 Å². The van der Waals surface area contributed by atoms with E-state index in [1.54, 1.807) is 39.5 Å². The van der Waals surface area contributed by atoms with Crippen LogP contribution in [0.2, 0.25) is 5.02 Å². The van der Waals surface area contributed by atoms with Crippen LogP contribution >= 0.6 is 34.2 Å². The summed E-state index contributed by atoms with van der Waals surface area (Å²) in [4.78, 5) is 0. The van der Waals surface area contributed by atoms with Crippen molar-refractivity contribution < 1.29 is 18.9 Å². The van der Waals surface area contributed by atoms with Crippen LogP contribution in [0.3, 0.4) is 0 Å². The van der Waals surface area contributed by atoms with Crippen molar-refractivity contribution in [1.82, 2.24) is 0 Å². The third-order valence-corrected chi connectivity index (χ3v) is 5.88. The van der Waals surface area contributed by atoms with E-state index >= 15 is 0 Å². The Morgan fingerprint density at radius 3 is 2.34 bits per heavy atom. The maximum absolute atomic E-state index is 9.76. The molecule has 3 aromatic rings. The van der Waals surface area contributed by atoms with E-state index in [1.165, 1.54) is 0 Å². The second-order valence-electron chi connectivity index (χ2n) is 6.65. The molecule has 0 saturated carbocycles. The Hall–Kier alpha value is -2.89. The first kappa shape index (κ1) is 23.8. The molecule has 0 amide bonds. The van der Waals surface area contributed by atoms with Gasteiger partial charge in [0.05, 0.1) is 36.5 Å². The standard InChI is InChI=1S/C25H21ClINO4/c1-29-22-9-8-17(13-23(22)30-2)19(14-28)10-16-11-21(27)25(24(12-16)31-3)32-15-18-6-4-5-7-20(18)26/h4-13H,15H2,1-3H3/b19-10+. The number of methoxy groups -OCH3 is 3. The molecule has 0 unspecified atom stereocenters. The SMILES string of the molecule is COc1ccc(/C(C#N)=C/c2cc(I)c(OCc3ccccc3Cl)c(OC)c2)cc1OC. The first-order valence-electron chi connectivity index (χ1n) is 9.58. The molecule has 5 nitrogen and oxygen atoms in total. The maximum Gasteiger partial charge on any atom is 0.174 e. The van der Waals surface area contributed by atoms with E-state index in [0.29, 0.717) is 40.2 Å². The normalized spacial score (nSPS) is 10.9. The molecule has 0 N–H and O–H groups in total. The van der Waals surface area contributed by atoms with Gasteiger partial charge >= 0.3 is 0 Å². The number of ether oxygens (including phenoxy) is 4. The quantitative estimate of drug-likeness (QED) is 0.176. The number of hydrogen-bond acceptors (Lipinski definition) is 5. The minimum absolute atomic E-state index is 0.316. The van der Waals surface area contributed by atoms with Gasteiger partial charge < -0.3 is 18.9 Å². The zero-order chi connectivity index (χ0) is 23.1. The zero-order valence-electron chi connectivity index (χ0n) is 17.8. The van der Waals surface area contributed by atoms with E-state index < -0.39 is 0 Å². The molecule has 0 atom stereocenters. The zero-order valence-corrected chi connectivity index (χ0v) is 20.7. The second kappa shape index (κ2) is 11.1. The molecule has 0 heterocycles. The number of nitriles is 1. The number of hydrogen-bond donors (Lipinski definition) is 0. The van der Waals surface area contributed by atoms with Gasteiger partial charge in [-0.1, -0.05) is 29.8 Å². The van der Waals surface area contributed by atoms with Gasteiger partial charge in [-0.2, -0.15) is 5.26 Å². The summed E-state index contributed by atoms with van der Waals surface area (Å²) < 4.78 is 23.1. The van der Waals surface area contributed by atoms with Crippen molar-refractivity contribution in [2.45, 2.75) is 6.61 Å². The van der Waals surface area contributed by atoms with Crippen LogP contribution in [-0.2, 0) is 6.61 Å². The van der Waals surface area contributed by atoms with Crippen LogP contribution in [0.25, 0.3) is 11.6 Å². The molecule has 32 heavy (non-hydrogen) atoms. The lowest BCUT2D eigenvalue weighted by Crippen LogP contribution is -2.00. The fourth-order valence-corrected chi connectivity index (χ4v) is 4.05. The van der Waals surface area contributed by atoms with Crippen LogP contribution in [0.1, 0.15) is 16.7 Å². The molecule has 3 rings (SSSR count). The van der Waals surface area contributed by atoms with Crippen molar-refractivity contribution in [3.05, 3.63) is 79.9 Å². The van der Waals surface area contributed by atoms with Gasteiger partial charge in [0.2, 0.25) is 0 Å². The molecule has 3 aromatic carbocycles. The molecule has 0 saturated heterocycles. The van der Waals surface area contributed by atoms with Crippen molar-refractivity contribution >= 4 is 45.8 Å². The summed E-state index contributed by atoms with van der Waals surface area (Å²) in [7, 11) is 4.72. The molecular formula is C25H21ClINO4. The number of allylic oxidation sites excluding steroid dienone is 1. The van der Waals surface area contributed by atoms with Gasteiger partial charge in [0, 0.05) is 10.6 Å². The molecular weight excluding hydrogens is 541 g/mol. The van der Waals surface area contributed by atoms with Crippen molar-refractivity contribution in [3.8, 4) is 29.1 Å². The van der Waals surface area contributed by atoms with Crippen LogP contribution in [0, 0.1) is 14.9 Å². The highest BCUT2D eigenvalue weighted by Gasteiger charge is 2.14. The maximum atomic E-state index is 9.76. The largest absolute Gasteiger partial charge is 0.493 e. The lowest BCUT2D eigenvalue weighted by atomic mass is 10.0. The Morgan fingerprint density at radius 1 is 0.969 bits per heavy atom. The number of benzene rings is 3. The Bertz CT molecular complexity index is 1190. The van der Waals surface area contributed by atoms with Crippen molar-refractivity contribution in [2.75, 3.05) is 21.3 Å². The lowest BCUT2D eigenvalue weighted by molar-refractivity contribution is 0.282. The molecule has 0 aromatic heterocycles. The minimum Gasteiger partial charge on any atom is -0.493 e. The summed E-state index contributed by atoms with van der Waals surface area (Å²) in [6.45, 7) is 0.316. The Kier molecular flexibility index (Phi) is 8.26. The van der Waals surface area contributed by atoms with Crippen molar-refractivity contribution in [3.63, 3.8) is 0 Å². The predicted molar refractivity (Wildman–Crippen MR) is 135 cm³/mol. The predicted octanol–water partition coefficient (Wildman–Crippen LogP) is 6.61. The summed E-state index contributed by atoms with van der Waals surface area (Å²) in [5, 5.41) is 10.4. The Morgan fingerprint density at radius 2 is 1.69 bits per heavy atom. The average molecular weight is 562 g/mol. The van der Waals surface area contributed by atoms with Crippen LogP contribution in [0.4, 0.5) is 0 Å². The highest BCUT2D eigenvalue weighted by atomic mass is 127. The highest BCUT2D eigenvalue weighted by molar-refractivity contribution is 14.1. The molecule has 164 valence electrons.